The average molecular weight is 356 g/mol. The Bertz CT molecular complexity index is 743. The minimum absolute atomic E-state index is 0.000127. The van der Waals surface area contributed by atoms with Crippen molar-refractivity contribution in [3.63, 3.8) is 0 Å². The van der Waals surface area contributed by atoms with E-state index < -0.39 is 0 Å². The number of benzene rings is 1. The zero-order valence-electron chi connectivity index (χ0n) is 15.9. The van der Waals surface area contributed by atoms with Crippen LogP contribution in [-0.2, 0) is 9.59 Å². The van der Waals surface area contributed by atoms with Crippen LogP contribution in [0, 0.1) is 11.3 Å². The molecule has 4 rings (SSSR count). The predicted molar refractivity (Wildman–Crippen MR) is 98.9 cm³/mol. The summed E-state index contributed by atoms with van der Waals surface area (Å²) in [5.74, 6) is 1.06. The molecule has 0 radical (unpaired) electrons. The predicted octanol–water partition coefficient (Wildman–Crippen LogP) is 2.71. The van der Waals surface area contributed by atoms with Gasteiger partial charge in [0.05, 0.1) is 18.6 Å². The Morgan fingerprint density at radius 2 is 2.08 bits per heavy atom. The van der Waals surface area contributed by atoms with Crippen molar-refractivity contribution in [3.05, 3.63) is 29.8 Å². The van der Waals surface area contributed by atoms with E-state index in [-0.39, 0.29) is 23.3 Å². The van der Waals surface area contributed by atoms with E-state index in [0.717, 1.165) is 30.7 Å². The van der Waals surface area contributed by atoms with Gasteiger partial charge in [0.1, 0.15) is 5.75 Å². The molecule has 2 aliphatic carbocycles. The van der Waals surface area contributed by atoms with E-state index in [9.17, 15) is 9.59 Å². The second kappa shape index (κ2) is 6.00. The number of nitrogens with zero attached hydrogens (tertiary/aromatic N) is 1. The van der Waals surface area contributed by atoms with Crippen molar-refractivity contribution in [3.8, 4) is 5.75 Å². The summed E-state index contributed by atoms with van der Waals surface area (Å²) in [6, 6.07) is 7.63. The van der Waals surface area contributed by atoms with Crippen LogP contribution in [0.4, 0.5) is 0 Å². The van der Waals surface area contributed by atoms with Gasteiger partial charge in [0, 0.05) is 19.0 Å². The first-order chi connectivity index (χ1) is 12.4. The number of nitrogens with one attached hydrogen (secondary N) is 1. The lowest BCUT2D eigenvalue weighted by Gasteiger charge is -2.28. The van der Waals surface area contributed by atoms with Crippen molar-refractivity contribution in [1.29, 1.82) is 0 Å². The zero-order valence-corrected chi connectivity index (χ0v) is 15.9. The van der Waals surface area contributed by atoms with E-state index in [1.165, 1.54) is 12.8 Å². The van der Waals surface area contributed by atoms with Gasteiger partial charge in [-0.1, -0.05) is 12.1 Å². The highest BCUT2D eigenvalue weighted by Gasteiger charge is 2.66. The summed E-state index contributed by atoms with van der Waals surface area (Å²) in [6.45, 7) is 5.33. The van der Waals surface area contributed by atoms with Gasteiger partial charge in [0.15, 0.2) is 0 Å². The second-order valence-electron chi connectivity index (χ2n) is 8.68. The number of hydrogen-bond donors (Lipinski definition) is 1. The Kier molecular flexibility index (Phi) is 4.01. The average Bonchev–Trinajstić information content (AvgIpc) is 3.54. The highest BCUT2D eigenvalue weighted by atomic mass is 16.5. The topological polar surface area (TPSA) is 58.6 Å². The molecule has 3 unspecified atom stereocenters. The summed E-state index contributed by atoms with van der Waals surface area (Å²) >= 11 is 0. The van der Waals surface area contributed by atoms with Gasteiger partial charge in [-0.2, -0.15) is 0 Å². The molecule has 0 aromatic heterocycles. The van der Waals surface area contributed by atoms with E-state index in [1.54, 1.807) is 7.11 Å². The van der Waals surface area contributed by atoms with Crippen LogP contribution in [0.5, 0.6) is 5.75 Å². The third kappa shape index (κ3) is 3.08. The summed E-state index contributed by atoms with van der Waals surface area (Å²) in [5.41, 5.74) is 0.983. The number of rotatable bonds is 5. The SMILES string of the molecule is COc1cccc(C(C)C(=O)NC2(C)CCN(C(=O)C3CC34CC4)C2)c1. The van der Waals surface area contributed by atoms with E-state index in [0.29, 0.717) is 17.9 Å². The van der Waals surface area contributed by atoms with Crippen LogP contribution in [0.25, 0.3) is 0 Å². The molecule has 1 heterocycles. The molecule has 140 valence electrons. The van der Waals surface area contributed by atoms with Crippen LogP contribution in [0.3, 0.4) is 0 Å². The fourth-order valence-electron chi connectivity index (χ4n) is 4.35. The van der Waals surface area contributed by atoms with E-state index in [4.69, 9.17) is 4.74 Å². The normalized spacial score (nSPS) is 29.3. The molecule has 1 aromatic rings. The highest BCUT2D eigenvalue weighted by Crippen LogP contribution is 2.71. The maximum atomic E-state index is 12.8. The molecule has 2 saturated carbocycles. The molecule has 5 nitrogen and oxygen atoms in total. The molecule has 1 N–H and O–H groups in total. The monoisotopic (exact) mass is 356 g/mol. The van der Waals surface area contributed by atoms with Crippen LogP contribution in [0.15, 0.2) is 24.3 Å². The molecule has 26 heavy (non-hydrogen) atoms. The van der Waals surface area contributed by atoms with Gasteiger partial charge in [0.2, 0.25) is 11.8 Å². The molecular weight excluding hydrogens is 328 g/mol. The number of hydrogen-bond acceptors (Lipinski definition) is 3. The molecule has 3 aliphatic rings. The number of carbonyl (C=O) groups is 2. The van der Waals surface area contributed by atoms with Crippen molar-refractivity contribution in [2.24, 2.45) is 11.3 Å². The minimum atomic E-state index is -0.342. The quantitative estimate of drug-likeness (QED) is 0.882. The Hall–Kier alpha value is -2.04. The summed E-state index contributed by atoms with van der Waals surface area (Å²) < 4.78 is 5.25. The van der Waals surface area contributed by atoms with Crippen LogP contribution < -0.4 is 10.1 Å². The van der Waals surface area contributed by atoms with Gasteiger partial charge in [-0.05, 0) is 62.6 Å². The molecular formula is C21H28N2O3. The molecule has 1 aliphatic heterocycles. The Balaban J connectivity index is 1.36. The maximum absolute atomic E-state index is 12.8. The van der Waals surface area contributed by atoms with Crippen molar-refractivity contribution in [2.45, 2.75) is 51.0 Å². The van der Waals surface area contributed by atoms with Crippen molar-refractivity contribution >= 4 is 11.8 Å². The molecule has 2 amide bonds. The standard InChI is InChI=1S/C21H28N2O3/c1-14(15-5-4-6-16(11-15)26-3)18(24)22-20(2)9-10-23(13-20)19(25)17-12-21(17)7-8-21/h4-6,11,14,17H,7-10,12-13H2,1-3H3,(H,22,24). The first-order valence-electron chi connectivity index (χ1n) is 9.61. The number of amides is 2. The third-order valence-corrected chi connectivity index (χ3v) is 6.58. The van der Waals surface area contributed by atoms with E-state index in [1.807, 2.05) is 36.1 Å². The van der Waals surface area contributed by atoms with Gasteiger partial charge in [-0.25, -0.2) is 0 Å². The minimum Gasteiger partial charge on any atom is -0.497 e. The zero-order chi connectivity index (χ0) is 18.5. The fourth-order valence-corrected chi connectivity index (χ4v) is 4.35. The smallest absolute Gasteiger partial charge is 0.227 e. The largest absolute Gasteiger partial charge is 0.497 e. The molecule has 1 aromatic carbocycles. The van der Waals surface area contributed by atoms with E-state index in [2.05, 4.69) is 12.2 Å². The highest BCUT2D eigenvalue weighted by molar-refractivity contribution is 5.85. The lowest BCUT2D eigenvalue weighted by atomic mass is 9.96. The van der Waals surface area contributed by atoms with Gasteiger partial charge < -0.3 is 15.0 Å². The summed E-state index contributed by atoms with van der Waals surface area (Å²) in [4.78, 5) is 27.4. The first kappa shape index (κ1) is 17.4. The van der Waals surface area contributed by atoms with Crippen LogP contribution in [-0.4, -0.2) is 42.5 Å². The van der Waals surface area contributed by atoms with Gasteiger partial charge >= 0.3 is 0 Å². The molecule has 1 spiro atoms. The van der Waals surface area contributed by atoms with Gasteiger partial charge in [0.25, 0.3) is 0 Å². The van der Waals surface area contributed by atoms with Crippen molar-refractivity contribution < 1.29 is 14.3 Å². The molecule has 3 fully saturated rings. The number of methoxy groups -OCH3 is 1. The summed E-state index contributed by atoms with van der Waals surface area (Å²) in [7, 11) is 1.63. The Labute approximate surface area is 155 Å². The van der Waals surface area contributed by atoms with E-state index >= 15 is 0 Å². The molecule has 0 bridgehead atoms. The van der Waals surface area contributed by atoms with Gasteiger partial charge in [-0.15, -0.1) is 0 Å². The van der Waals surface area contributed by atoms with Crippen LogP contribution >= 0.6 is 0 Å². The number of likely N-dealkylation sites (tertiary alicyclic amines) is 1. The number of carbonyl (C=O) groups excluding carboxylic acids is 2. The van der Waals surface area contributed by atoms with Crippen molar-refractivity contribution in [2.75, 3.05) is 20.2 Å². The summed E-state index contributed by atoms with van der Waals surface area (Å²) in [6.07, 6.45) is 4.35. The Morgan fingerprint density at radius 3 is 2.73 bits per heavy atom. The Morgan fingerprint density at radius 1 is 1.31 bits per heavy atom. The fraction of sp³-hybridized carbons (Fsp3) is 0.619. The molecule has 5 heteroatoms. The molecule has 1 saturated heterocycles. The maximum Gasteiger partial charge on any atom is 0.227 e. The second-order valence-corrected chi connectivity index (χ2v) is 8.68. The van der Waals surface area contributed by atoms with Crippen molar-refractivity contribution in [1.82, 2.24) is 10.2 Å². The number of ether oxygens (including phenoxy) is 1. The van der Waals surface area contributed by atoms with Gasteiger partial charge in [-0.3, -0.25) is 9.59 Å². The lowest BCUT2D eigenvalue weighted by molar-refractivity contribution is -0.132. The lowest BCUT2D eigenvalue weighted by Crippen LogP contribution is -2.50. The van der Waals surface area contributed by atoms with Crippen LogP contribution in [0.2, 0.25) is 0 Å². The first-order valence-corrected chi connectivity index (χ1v) is 9.61. The van der Waals surface area contributed by atoms with Crippen LogP contribution in [0.1, 0.15) is 51.0 Å². The summed E-state index contributed by atoms with van der Waals surface area (Å²) in [5, 5.41) is 3.20. The molecule has 3 atom stereocenters. The third-order valence-electron chi connectivity index (χ3n) is 6.58.